The van der Waals surface area contributed by atoms with Gasteiger partial charge < -0.3 is 15.0 Å². The van der Waals surface area contributed by atoms with Gasteiger partial charge in [-0.2, -0.15) is 0 Å². The highest BCUT2D eigenvalue weighted by Crippen LogP contribution is 2.33. The van der Waals surface area contributed by atoms with Gasteiger partial charge in [-0.3, -0.25) is 4.79 Å². The van der Waals surface area contributed by atoms with Crippen LogP contribution in [0.25, 0.3) is 0 Å². The molecule has 25 heavy (non-hydrogen) atoms. The summed E-state index contributed by atoms with van der Waals surface area (Å²) in [5.41, 5.74) is 1.24. The third-order valence-corrected chi connectivity index (χ3v) is 5.78. The molecule has 0 spiro atoms. The molecule has 5 heteroatoms. The fourth-order valence-corrected chi connectivity index (χ4v) is 4.00. The second-order valence-corrected chi connectivity index (χ2v) is 7.47. The van der Waals surface area contributed by atoms with Crippen LogP contribution >= 0.6 is 11.3 Å². The lowest BCUT2D eigenvalue weighted by atomic mass is 10.0. The van der Waals surface area contributed by atoms with E-state index in [9.17, 15) is 4.79 Å². The number of ether oxygens (including phenoxy) is 1. The van der Waals surface area contributed by atoms with Crippen molar-refractivity contribution in [2.45, 2.75) is 38.8 Å². The summed E-state index contributed by atoms with van der Waals surface area (Å²) in [4.78, 5) is 16.1. The highest BCUT2D eigenvalue weighted by Gasteiger charge is 2.32. The van der Waals surface area contributed by atoms with Crippen molar-refractivity contribution in [1.82, 2.24) is 10.2 Å². The van der Waals surface area contributed by atoms with Crippen molar-refractivity contribution >= 4 is 17.2 Å². The van der Waals surface area contributed by atoms with Gasteiger partial charge in [0, 0.05) is 17.5 Å². The second kappa shape index (κ2) is 8.50. The Morgan fingerprint density at radius 3 is 2.92 bits per heavy atom. The van der Waals surface area contributed by atoms with Crippen LogP contribution in [-0.4, -0.2) is 36.5 Å². The van der Waals surface area contributed by atoms with E-state index < -0.39 is 0 Å². The third-order valence-electron chi connectivity index (χ3n) is 4.78. The average molecular weight is 359 g/mol. The van der Waals surface area contributed by atoms with Crippen molar-refractivity contribution in [3.8, 4) is 5.75 Å². The zero-order valence-electron chi connectivity index (χ0n) is 14.9. The molecule has 0 saturated heterocycles. The van der Waals surface area contributed by atoms with Gasteiger partial charge in [0.05, 0.1) is 12.6 Å². The van der Waals surface area contributed by atoms with E-state index in [1.54, 1.807) is 11.3 Å². The standard InChI is InChI=1S/C20H26N2O2S/c1-3-15(2)21-13-20(23)22-11-9-19-17(10-12-25-19)18(22)14-24-16-7-5-4-6-8-16/h4-8,10,12,15,18,21H,3,9,11,13-14H2,1-2H3. The summed E-state index contributed by atoms with van der Waals surface area (Å²) < 4.78 is 5.99. The van der Waals surface area contributed by atoms with Crippen LogP contribution in [0.15, 0.2) is 41.8 Å². The molecule has 2 heterocycles. The summed E-state index contributed by atoms with van der Waals surface area (Å²) in [6.45, 7) is 5.87. The van der Waals surface area contributed by atoms with Crippen molar-refractivity contribution in [1.29, 1.82) is 0 Å². The fourth-order valence-electron chi connectivity index (χ4n) is 3.07. The van der Waals surface area contributed by atoms with Crippen LogP contribution in [0.1, 0.15) is 36.8 Å². The van der Waals surface area contributed by atoms with Crippen molar-refractivity contribution in [3.05, 3.63) is 52.2 Å². The van der Waals surface area contributed by atoms with Crippen molar-refractivity contribution in [3.63, 3.8) is 0 Å². The first kappa shape index (κ1) is 18.0. The minimum Gasteiger partial charge on any atom is -0.491 e. The van der Waals surface area contributed by atoms with Crippen molar-refractivity contribution in [2.24, 2.45) is 0 Å². The lowest BCUT2D eigenvalue weighted by molar-refractivity contribution is -0.134. The number of hydrogen-bond donors (Lipinski definition) is 1. The van der Waals surface area contributed by atoms with Crippen LogP contribution in [0.4, 0.5) is 0 Å². The Hall–Kier alpha value is -1.85. The smallest absolute Gasteiger partial charge is 0.237 e. The number of thiophene rings is 1. The van der Waals surface area contributed by atoms with Gasteiger partial charge in [-0.1, -0.05) is 25.1 Å². The quantitative estimate of drug-likeness (QED) is 0.822. The number of fused-ring (bicyclic) bond motifs is 1. The van der Waals surface area contributed by atoms with Gasteiger partial charge in [-0.05, 0) is 48.9 Å². The topological polar surface area (TPSA) is 41.6 Å². The molecule has 0 fully saturated rings. The highest BCUT2D eigenvalue weighted by atomic mass is 32.1. The van der Waals surface area contributed by atoms with E-state index in [0.29, 0.717) is 19.2 Å². The number of para-hydroxylation sites is 1. The van der Waals surface area contributed by atoms with Crippen molar-refractivity contribution in [2.75, 3.05) is 19.7 Å². The summed E-state index contributed by atoms with van der Waals surface area (Å²) in [7, 11) is 0. The number of nitrogens with one attached hydrogen (secondary N) is 1. The molecule has 1 aliphatic heterocycles. The normalized spacial score (nSPS) is 17.8. The number of carbonyl (C=O) groups excluding carboxylic acids is 1. The van der Waals surface area contributed by atoms with Crippen LogP contribution < -0.4 is 10.1 Å². The average Bonchev–Trinajstić information content (AvgIpc) is 3.13. The van der Waals surface area contributed by atoms with E-state index in [2.05, 4.69) is 30.6 Å². The van der Waals surface area contributed by atoms with Crippen LogP contribution in [-0.2, 0) is 11.2 Å². The van der Waals surface area contributed by atoms with E-state index in [1.807, 2.05) is 35.2 Å². The zero-order valence-corrected chi connectivity index (χ0v) is 15.7. The summed E-state index contributed by atoms with van der Waals surface area (Å²) >= 11 is 1.78. The molecular weight excluding hydrogens is 332 g/mol. The van der Waals surface area contributed by atoms with Crippen LogP contribution in [0.2, 0.25) is 0 Å². The Morgan fingerprint density at radius 2 is 2.16 bits per heavy atom. The number of benzene rings is 1. The lowest BCUT2D eigenvalue weighted by Crippen LogP contribution is -2.46. The molecule has 2 aromatic rings. The largest absolute Gasteiger partial charge is 0.491 e. The molecule has 1 aliphatic rings. The summed E-state index contributed by atoms with van der Waals surface area (Å²) in [6, 6.07) is 12.3. The van der Waals surface area contributed by atoms with E-state index in [4.69, 9.17) is 4.74 Å². The fraction of sp³-hybridized carbons (Fsp3) is 0.450. The molecule has 1 amide bonds. The first-order valence-corrected chi connectivity index (χ1v) is 9.84. The monoisotopic (exact) mass is 358 g/mol. The van der Waals surface area contributed by atoms with Crippen molar-refractivity contribution < 1.29 is 9.53 Å². The molecule has 2 unspecified atom stereocenters. The summed E-state index contributed by atoms with van der Waals surface area (Å²) in [6.07, 6.45) is 1.95. The van der Waals surface area contributed by atoms with Gasteiger partial charge in [0.2, 0.25) is 5.91 Å². The molecule has 134 valence electrons. The maximum absolute atomic E-state index is 12.8. The number of carbonyl (C=O) groups is 1. The minimum absolute atomic E-state index is 0.0126. The predicted octanol–water partition coefficient (Wildman–Crippen LogP) is 3.64. The van der Waals surface area contributed by atoms with E-state index in [1.165, 1.54) is 10.4 Å². The Labute approximate surface area is 153 Å². The predicted molar refractivity (Wildman–Crippen MR) is 102 cm³/mol. The number of hydrogen-bond acceptors (Lipinski definition) is 4. The molecule has 4 nitrogen and oxygen atoms in total. The molecule has 1 N–H and O–H groups in total. The van der Waals surface area contributed by atoms with Gasteiger partial charge in [0.1, 0.15) is 12.4 Å². The molecule has 0 bridgehead atoms. The minimum atomic E-state index is -0.0126. The number of rotatable bonds is 7. The molecule has 0 aliphatic carbocycles. The molecule has 3 rings (SSSR count). The van der Waals surface area contributed by atoms with Gasteiger partial charge in [0.15, 0.2) is 0 Å². The van der Waals surface area contributed by atoms with Crippen LogP contribution in [0.5, 0.6) is 5.75 Å². The molecule has 2 atom stereocenters. The van der Waals surface area contributed by atoms with Gasteiger partial charge in [-0.25, -0.2) is 0 Å². The molecule has 1 aromatic heterocycles. The Morgan fingerprint density at radius 1 is 1.36 bits per heavy atom. The van der Waals surface area contributed by atoms with E-state index in [0.717, 1.165) is 25.1 Å². The first-order chi connectivity index (χ1) is 12.2. The highest BCUT2D eigenvalue weighted by molar-refractivity contribution is 7.10. The molecule has 1 aromatic carbocycles. The maximum Gasteiger partial charge on any atom is 0.237 e. The van der Waals surface area contributed by atoms with Gasteiger partial charge in [-0.15, -0.1) is 11.3 Å². The van der Waals surface area contributed by atoms with E-state index >= 15 is 0 Å². The lowest BCUT2D eigenvalue weighted by Gasteiger charge is -2.36. The SMILES string of the molecule is CCC(C)NCC(=O)N1CCc2sccc2C1COc1ccccc1. The summed E-state index contributed by atoms with van der Waals surface area (Å²) in [5, 5.41) is 5.43. The summed E-state index contributed by atoms with van der Waals surface area (Å²) in [5.74, 6) is 0.994. The Kier molecular flexibility index (Phi) is 6.10. The Bertz CT molecular complexity index is 686. The molecule has 0 radical (unpaired) electrons. The zero-order chi connectivity index (χ0) is 17.6. The van der Waals surface area contributed by atoms with Crippen LogP contribution in [0, 0.1) is 0 Å². The molecular formula is C20H26N2O2S. The number of nitrogens with zero attached hydrogens (tertiary/aromatic N) is 1. The Balaban J connectivity index is 1.71. The third kappa shape index (κ3) is 4.41. The first-order valence-electron chi connectivity index (χ1n) is 8.96. The van der Waals surface area contributed by atoms with Gasteiger partial charge in [0.25, 0.3) is 0 Å². The molecule has 0 saturated carbocycles. The number of amides is 1. The maximum atomic E-state index is 12.8. The van der Waals surface area contributed by atoms with Gasteiger partial charge >= 0.3 is 0 Å². The van der Waals surface area contributed by atoms with E-state index in [-0.39, 0.29) is 11.9 Å². The second-order valence-electron chi connectivity index (χ2n) is 6.47. The van der Waals surface area contributed by atoms with Crippen LogP contribution in [0.3, 0.4) is 0 Å².